The maximum absolute atomic E-state index is 11.5. The van der Waals surface area contributed by atoms with Crippen LogP contribution in [0, 0.1) is 5.92 Å². The maximum atomic E-state index is 11.5. The molecule has 0 aromatic heterocycles. The second kappa shape index (κ2) is 13.7. The number of carboxylic acids is 1. The van der Waals surface area contributed by atoms with Crippen LogP contribution in [0.2, 0.25) is 0 Å². The maximum Gasteiger partial charge on any atom is 0.314 e. The summed E-state index contributed by atoms with van der Waals surface area (Å²) in [4.78, 5) is 22.0. The van der Waals surface area contributed by atoms with E-state index >= 15 is 0 Å². The normalized spacial score (nSPS) is 11.9. The summed E-state index contributed by atoms with van der Waals surface area (Å²) in [6.45, 7) is 5.12. The van der Waals surface area contributed by atoms with Gasteiger partial charge in [0.05, 0.1) is 0 Å². The molecule has 21 heavy (non-hydrogen) atoms. The van der Waals surface area contributed by atoms with Crippen LogP contribution in [0.4, 0.5) is 4.79 Å². The molecule has 0 aromatic carbocycles. The molecule has 2 amide bonds. The third kappa shape index (κ3) is 15.0. The molecule has 0 saturated carbocycles. The number of aliphatic carboxylic acids is 1. The molecule has 0 spiro atoms. The van der Waals surface area contributed by atoms with Crippen molar-refractivity contribution in [3.63, 3.8) is 0 Å². The van der Waals surface area contributed by atoms with Crippen LogP contribution in [0.15, 0.2) is 0 Å². The lowest BCUT2D eigenvalue weighted by atomic mass is 10.1. The number of unbranched alkanes of at least 4 members (excludes halogenated alkanes) is 7. The molecular formula is C16H32N2O3. The SMILES string of the molecule is CCCCCCCCCCNC(=O)NCC(C)CC(=O)O. The molecular weight excluding hydrogens is 268 g/mol. The number of carbonyl (C=O) groups is 2. The van der Waals surface area contributed by atoms with Crippen LogP contribution in [0.5, 0.6) is 0 Å². The van der Waals surface area contributed by atoms with Crippen molar-refractivity contribution in [1.29, 1.82) is 0 Å². The highest BCUT2D eigenvalue weighted by Crippen LogP contribution is 2.07. The number of carboxylic acid groups (broad SMARTS) is 1. The van der Waals surface area contributed by atoms with Gasteiger partial charge in [-0.15, -0.1) is 0 Å². The Morgan fingerprint density at radius 3 is 2.10 bits per heavy atom. The summed E-state index contributed by atoms with van der Waals surface area (Å²) < 4.78 is 0. The van der Waals surface area contributed by atoms with E-state index in [9.17, 15) is 9.59 Å². The highest BCUT2D eigenvalue weighted by Gasteiger charge is 2.08. The molecule has 0 saturated heterocycles. The van der Waals surface area contributed by atoms with Gasteiger partial charge in [-0.3, -0.25) is 4.79 Å². The zero-order valence-corrected chi connectivity index (χ0v) is 13.6. The van der Waals surface area contributed by atoms with Crippen molar-refractivity contribution >= 4 is 12.0 Å². The van der Waals surface area contributed by atoms with Crippen molar-refractivity contribution in [2.75, 3.05) is 13.1 Å². The average molecular weight is 300 g/mol. The lowest BCUT2D eigenvalue weighted by Gasteiger charge is -2.11. The first kappa shape index (κ1) is 19.7. The zero-order chi connectivity index (χ0) is 15.9. The van der Waals surface area contributed by atoms with E-state index in [4.69, 9.17) is 5.11 Å². The minimum absolute atomic E-state index is 0.0450. The Morgan fingerprint density at radius 2 is 1.52 bits per heavy atom. The molecule has 5 nitrogen and oxygen atoms in total. The standard InChI is InChI=1S/C16H32N2O3/c1-3-4-5-6-7-8-9-10-11-17-16(21)18-13-14(2)12-15(19)20/h14H,3-13H2,1-2H3,(H,19,20)(H2,17,18,21). The van der Waals surface area contributed by atoms with Crippen molar-refractivity contribution < 1.29 is 14.7 Å². The van der Waals surface area contributed by atoms with E-state index in [-0.39, 0.29) is 18.4 Å². The molecule has 0 aromatic rings. The number of urea groups is 1. The van der Waals surface area contributed by atoms with Gasteiger partial charge < -0.3 is 15.7 Å². The Kier molecular flexibility index (Phi) is 12.9. The molecule has 1 unspecified atom stereocenters. The second-order valence-electron chi connectivity index (χ2n) is 5.81. The van der Waals surface area contributed by atoms with Gasteiger partial charge in [0.15, 0.2) is 0 Å². The topological polar surface area (TPSA) is 78.4 Å². The Morgan fingerprint density at radius 1 is 0.952 bits per heavy atom. The number of nitrogens with one attached hydrogen (secondary N) is 2. The first-order valence-electron chi connectivity index (χ1n) is 8.29. The average Bonchev–Trinajstić information content (AvgIpc) is 2.42. The van der Waals surface area contributed by atoms with Crippen molar-refractivity contribution in [2.45, 2.75) is 71.6 Å². The Balaban J connectivity index is 3.32. The fourth-order valence-corrected chi connectivity index (χ4v) is 2.16. The van der Waals surface area contributed by atoms with Crippen LogP contribution in [-0.4, -0.2) is 30.2 Å². The lowest BCUT2D eigenvalue weighted by Crippen LogP contribution is -2.38. The fourth-order valence-electron chi connectivity index (χ4n) is 2.16. The summed E-state index contributed by atoms with van der Waals surface area (Å²) >= 11 is 0. The van der Waals surface area contributed by atoms with E-state index in [1.165, 1.54) is 38.5 Å². The second-order valence-corrected chi connectivity index (χ2v) is 5.81. The van der Waals surface area contributed by atoms with E-state index in [1.807, 2.05) is 6.92 Å². The summed E-state index contributed by atoms with van der Waals surface area (Å²) in [6, 6.07) is -0.199. The van der Waals surface area contributed by atoms with Crippen molar-refractivity contribution in [2.24, 2.45) is 5.92 Å². The Bertz CT molecular complexity index is 283. The van der Waals surface area contributed by atoms with Gasteiger partial charge in [-0.05, 0) is 12.3 Å². The number of carbonyl (C=O) groups excluding carboxylic acids is 1. The number of hydrogen-bond donors (Lipinski definition) is 3. The summed E-state index contributed by atoms with van der Waals surface area (Å²) in [6.07, 6.45) is 10.1. The minimum Gasteiger partial charge on any atom is -0.481 e. The van der Waals surface area contributed by atoms with Crippen LogP contribution in [0.25, 0.3) is 0 Å². The molecule has 0 rings (SSSR count). The number of hydrogen-bond acceptors (Lipinski definition) is 2. The summed E-state index contributed by atoms with van der Waals surface area (Å²) in [5, 5.41) is 14.1. The van der Waals surface area contributed by atoms with E-state index in [0.717, 1.165) is 12.8 Å². The van der Waals surface area contributed by atoms with Gasteiger partial charge in [-0.25, -0.2) is 4.79 Å². The van der Waals surface area contributed by atoms with Gasteiger partial charge in [-0.2, -0.15) is 0 Å². The van der Waals surface area contributed by atoms with Crippen molar-refractivity contribution in [1.82, 2.24) is 10.6 Å². The van der Waals surface area contributed by atoms with Crippen LogP contribution in [-0.2, 0) is 4.79 Å². The van der Waals surface area contributed by atoms with Crippen LogP contribution < -0.4 is 10.6 Å². The van der Waals surface area contributed by atoms with Gasteiger partial charge in [0.1, 0.15) is 0 Å². The number of amides is 2. The monoisotopic (exact) mass is 300 g/mol. The van der Waals surface area contributed by atoms with Gasteiger partial charge in [0, 0.05) is 19.5 Å². The molecule has 0 aliphatic carbocycles. The fraction of sp³-hybridized carbons (Fsp3) is 0.875. The Labute approximate surface area is 128 Å². The van der Waals surface area contributed by atoms with Crippen molar-refractivity contribution in [3.05, 3.63) is 0 Å². The molecule has 124 valence electrons. The van der Waals surface area contributed by atoms with Crippen LogP contribution in [0.3, 0.4) is 0 Å². The van der Waals surface area contributed by atoms with Crippen LogP contribution in [0.1, 0.15) is 71.6 Å². The predicted octanol–water partition coefficient (Wildman–Crippen LogP) is 3.54. The van der Waals surface area contributed by atoms with E-state index in [1.54, 1.807) is 0 Å². The third-order valence-corrected chi connectivity index (χ3v) is 3.45. The summed E-state index contributed by atoms with van der Waals surface area (Å²) in [5.74, 6) is -0.875. The van der Waals surface area contributed by atoms with Crippen molar-refractivity contribution in [3.8, 4) is 0 Å². The molecule has 0 fully saturated rings. The molecule has 0 aliphatic rings. The predicted molar refractivity (Wildman–Crippen MR) is 85.4 cm³/mol. The van der Waals surface area contributed by atoms with E-state index in [2.05, 4.69) is 17.6 Å². The Hall–Kier alpha value is -1.26. The highest BCUT2D eigenvalue weighted by molar-refractivity contribution is 5.73. The first-order chi connectivity index (χ1) is 10.1. The van der Waals surface area contributed by atoms with Gasteiger partial charge in [0.2, 0.25) is 0 Å². The van der Waals surface area contributed by atoms with Crippen LogP contribution >= 0.6 is 0 Å². The molecule has 0 radical (unpaired) electrons. The molecule has 0 heterocycles. The lowest BCUT2D eigenvalue weighted by molar-refractivity contribution is -0.137. The quantitative estimate of drug-likeness (QED) is 0.455. The summed E-state index contributed by atoms with van der Waals surface area (Å²) in [7, 11) is 0. The van der Waals surface area contributed by atoms with Gasteiger partial charge in [0.25, 0.3) is 0 Å². The summed E-state index contributed by atoms with van der Waals surface area (Å²) in [5.41, 5.74) is 0. The van der Waals surface area contributed by atoms with Gasteiger partial charge in [-0.1, -0.05) is 58.8 Å². The molecule has 0 aliphatic heterocycles. The van der Waals surface area contributed by atoms with E-state index in [0.29, 0.717) is 13.1 Å². The largest absolute Gasteiger partial charge is 0.481 e. The highest BCUT2D eigenvalue weighted by atomic mass is 16.4. The number of rotatable bonds is 13. The molecule has 1 atom stereocenters. The molecule has 5 heteroatoms. The zero-order valence-electron chi connectivity index (χ0n) is 13.6. The van der Waals surface area contributed by atoms with E-state index < -0.39 is 5.97 Å². The van der Waals surface area contributed by atoms with Gasteiger partial charge >= 0.3 is 12.0 Å². The third-order valence-electron chi connectivity index (χ3n) is 3.45. The molecule has 3 N–H and O–H groups in total. The smallest absolute Gasteiger partial charge is 0.314 e. The molecule has 0 bridgehead atoms. The minimum atomic E-state index is -0.830. The first-order valence-corrected chi connectivity index (χ1v) is 8.29.